The van der Waals surface area contributed by atoms with Crippen molar-refractivity contribution in [2.75, 3.05) is 72.0 Å². The molecule has 2 aliphatic heterocycles. The molecule has 2 aliphatic rings. The average Bonchev–Trinajstić information content (AvgIpc) is 3.05. The molecule has 0 saturated carbocycles. The predicted octanol–water partition coefficient (Wildman–Crippen LogP) is 3.36. The Balaban J connectivity index is 1.55. The van der Waals surface area contributed by atoms with Gasteiger partial charge in [0.05, 0.1) is 26.8 Å². The van der Waals surface area contributed by atoms with Gasteiger partial charge in [-0.3, -0.25) is 19.5 Å². The number of aromatic nitrogens is 2. The van der Waals surface area contributed by atoms with Gasteiger partial charge in [0.25, 0.3) is 5.91 Å². The van der Waals surface area contributed by atoms with Gasteiger partial charge >= 0.3 is 0 Å². The van der Waals surface area contributed by atoms with Crippen LogP contribution in [-0.2, 0) is 11.3 Å². The summed E-state index contributed by atoms with van der Waals surface area (Å²) in [6.45, 7) is 7.30. The second kappa shape index (κ2) is 13.9. The van der Waals surface area contributed by atoms with Crippen LogP contribution in [0.3, 0.4) is 0 Å². The van der Waals surface area contributed by atoms with Crippen LogP contribution in [0.15, 0.2) is 36.7 Å². The van der Waals surface area contributed by atoms with Gasteiger partial charge in [-0.15, -0.1) is 0 Å². The van der Waals surface area contributed by atoms with Gasteiger partial charge in [0.2, 0.25) is 11.7 Å². The van der Waals surface area contributed by atoms with Crippen molar-refractivity contribution in [3.8, 4) is 17.2 Å². The van der Waals surface area contributed by atoms with Gasteiger partial charge in [0.15, 0.2) is 11.5 Å². The van der Waals surface area contributed by atoms with E-state index in [9.17, 15) is 9.59 Å². The summed E-state index contributed by atoms with van der Waals surface area (Å²) in [5.41, 5.74) is 2.40. The minimum Gasteiger partial charge on any atom is -0.493 e. The summed E-state index contributed by atoms with van der Waals surface area (Å²) in [5, 5.41) is 3.98. The number of fused-ring (bicyclic) bond motifs is 5. The van der Waals surface area contributed by atoms with Crippen LogP contribution in [0, 0.1) is 5.92 Å². The number of pyridine rings is 2. The van der Waals surface area contributed by atoms with Crippen molar-refractivity contribution >= 4 is 28.5 Å². The van der Waals surface area contributed by atoms with Gasteiger partial charge in [0, 0.05) is 87.2 Å². The molecule has 4 heterocycles. The second-order valence-corrected chi connectivity index (χ2v) is 11.1. The van der Waals surface area contributed by atoms with Gasteiger partial charge in [-0.1, -0.05) is 6.92 Å². The highest BCUT2D eigenvalue weighted by molar-refractivity contribution is 5.94. The number of hydrogen-bond donors (Lipinski definition) is 1. The summed E-state index contributed by atoms with van der Waals surface area (Å²) in [4.78, 5) is 42.1. The van der Waals surface area contributed by atoms with Crippen LogP contribution >= 0.6 is 0 Å². The first-order valence-electron chi connectivity index (χ1n) is 15.0. The van der Waals surface area contributed by atoms with Crippen molar-refractivity contribution in [3.63, 3.8) is 0 Å². The molecule has 2 bridgehead atoms. The number of nitrogens with one attached hydrogen (secondary N) is 1. The van der Waals surface area contributed by atoms with Gasteiger partial charge in [-0.05, 0) is 43.5 Å². The zero-order valence-corrected chi connectivity index (χ0v) is 25.6. The average molecular weight is 591 g/mol. The lowest BCUT2D eigenvalue weighted by atomic mass is 9.97. The second-order valence-electron chi connectivity index (χ2n) is 11.1. The first-order chi connectivity index (χ1) is 20.9. The third-order valence-corrected chi connectivity index (χ3v) is 8.44. The zero-order chi connectivity index (χ0) is 30.3. The molecule has 1 atom stereocenters. The van der Waals surface area contributed by atoms with E-state index in [1.807, 2.05) is 6.07 Å². The predicted molar refractivity (Wildman–Crippen MR) is 165 cm³/mol. The molecule has 11 nitrogen and oxygen atoms in total. The number of hydrogen-bond acceptors (Lipinski definition) is 9. The van der Waals surface area contributed by atoms with E-state index in [0.717, 1.165) is 54.8 Å². The van der Waals surface area contributed by atoms with Gasteiger partial charge in [-0.2, -0.15) is 0 Å². The molecule has 1 unspecified atom stereocenters. The molecule has 1 saturated heterocycles. The molecular weight excluding hydrogens is 548 g/mol. The molecular formula is C32H42N6O5. The molecule has 43 heavy (non-hydrogen) atoms. The van der Waals surface area contributed by atoms with Crippen molar-refractivity contribution in [1.82, 2.24) is 25.1 Å². The Morgan fingerprint density at radius 3 is 2.53 bits per heavy atom. The number of amides is 2. The van der Waals surface area contributed by atoms with Crippen LogP contribution < -0.4 is 24.4 Å². The maximum atomic E-state index is 13.5. The summed E-state index contributed by atoms with van der Waals surface area (Å²) >= 11 is 0. The molecule has 5 rings (SSSR count). The lowest BCUT2D eigenvalue weighted by Crippen LogP contribution is -2.42. The van der Waals surface area contributed by atoms with Crippen molar-refractivity contribution < 1.29 is 23.8 Å². The van der Waals surface area contributed by atoms with E-state index in [4.69, 9.17) is 19.2 Å². The maximum absolute atomic E-state index is 13.5. The van der Waals surface area contributed by atoms with E-state index in [0.29, 0.717) is 61.5 Å². The van der Waals surface area contributed by atoms with E-state index >= 15 is 0 Å². The Bertz CT molecular complexity index is 1440. The first kappa shape index (κ1) is 30.3. The number of rotatable bonds is 5. The topological polar surface area (TPSA) is 109 Å². The maximum Gasteiger partial charge on any atom is 0.254 e. The van der Waals surface area contributed by atoms with E-state index in [-0.39, 0.29) is 18.2 Å². The van der Waals surface area contributed by atoms with E-state index in [1.54, 1.807) is 50.8 Å². The van der Waals surface area contributed by atoms with E-state index < -0.39 is 0 Å². The number of nitrogens with zero attached hydrogens (tertiary/aromatic N) is 5. The monoisotopic (exact) mass is 590 g/mol. The molecule has 1 aromatic carbocycles. The minimum absolute atomic E-state index is 0.0375. The van der Waals surface area contributed by atoms with Crippen molar-refractivity contribution in [1.29, 1.82) is 0 Å². The summed E-state index contributed by atoms with van der Waals surface area (Å²) in [5.74, 6) is 2.76. The quantitative estimate of drug-likeness (QED) is 0.479. The van der Waals surface area contributed by atoms with Crippen LogP contribution in [-0.4, -0.2) is 98.7 Å². The van der Waals surface area contributed by atoms with E-state index in [1.165, 1.54) is 0 Å². The summed E-state index contributed by atoms with van der Waals surface area (Å²) in [6, 6.07) is 7.49. The van der Waals surface area contributed by atoms with Crippen molar-refractivity contribution in [2.24, 2.45) is 5.92 Å². The molecule has 11 heteroatoms. The third kappa shape index (κ3) is 6.77. The molecule has 0 aliphatic carbocycles. The molecule has 0 radical (unpaired) electrons. The first-order valence-corrected chi connectivity index (χ1v) is 15.0. The number of benzene rings is 1. The number of methoxy groups -OCH3 is 3. The lowest BCUT2D eigenvalue weighted by Gasteiger charge is -2.35. The Labute approximate surface area is 253 Å². The van der Waals surface area contributed by atoms with Crippen LogP contribution in [0.5, 0.6) is 17.2 Å². The highest BCUT2D eigenvalue weighted by Crippen LogP contribution is 2.44. The Hall–Kier alpha value is -4.12. The van der Waals surface area contributed by atoms with Gasteiger partial charge in [-0.25, -0.2) is 4.98 Å². The lowest BCUT2D eigenvalue weighted by molar-refractivity contribution is -0.121. The highest BCUT2D eigenvalue weighted by Gasteiger charge is 2.27. The summed E-state index contributed by atoms with van der Waals surface area (Å²) in [6.07, 6.45) is 5.54. The van der Waals surface area contributed by atoms with Gasteiger partial charge in [0.1, 0.15) is 5.82 Å². The Morgan fingerprint density at radius 1 is 1.02 bits per heavy atom. The number of piperidine rings is 1. The fraction of sp³-hybridized carbons (Fsp3) is 0.500. The normalized spacial score (nSPS) is 18.7. The molecule has 230 valence electrons. The van der Waals surface area contributed by atoms with Crippen LogP contribution in [0.4, 0.5) is 5.82 Å². The van der Waals surface area contributed by atoms with E-state index in [2.05, 4.69) is 33.1 Å². The fourth-order valence-corrected chi connectivity index (χ4v) is 6.06. The fourth-order valence-electron chi connectivity index (χ4n) is 6.06. The van der Waals surface area contributed by atoms with Crippen molar-refractivity contribution in [3.05, 3.63) is 47.8 Å². The standard InChI is InChI=1S/C32H42N6O5/c1-5-36-15-16-37(32(40)23-8-11-33-12-9-23)14-10-28(39)34-19-22-7-6-13-38(20-22)31-24(21-36)17-25-26(35-31)18-27(41-2)30(43-4)29(25)42-3/h8-9,11-12,17-18,22H,5-7,10,13-16,19-21H2,1-4H3,(H,34,39). The number of anilines is 1. The number of carbonyl (C=O) groups excluding carboxylic acids is 2. The number of likely N-dealkylation sites (N-methyl/N-ethyl adjacent to an activating group) is 1. The summed E-state index contributed by atoms with van der Waals surface area (Å²) in [7, 11) is 4.84. The largest absolute Gasteiger partial charge is 0.493 e. The van der Waals surface area contributed by atoms with Crippen LogP contribution in [0.2, 0.25) is 0 Å². The van der Waals surface area contributed by atoms with Crippen molar-refractivity contribution in [2.45, 2.75) is 32.7 Å². The summed E-state index contributed by atoms with van der Waals surface area (Å²) < 4.78 is 17.1. The molecule has 2 aromatic heterocycles. The Morgan fingerprint density at radius 2 is 1.81 bits per heavy atom. The molecule has 3 aromatic rings. The van der Waals surface area contributed by atoms with Crippen LogP contribution in [0.1, 0.15) is 42.1 Å². The molecule has 1 N–H and O–H groups in total. The zero-order valence-electron chi connectivity index (χ0n) is 25.6. The third-order valence-electron chi connectivity index (χ3n) is 8.44. The smallest absolute Gasteiger partial charge is 0.254 e. The molecule has 2 amide bonds. The number of ether oxygens (including phenoxy) is 3. The van der Waals surface area contributed by atoms with Gasteiger partial charge < -0.3 is 29.3 Å². The molecule has 1 fully saturated rings. The van der Waals surface area contributed by atoms with Crippen LogP contribution in [0.25, 0.3) is 10.9 Å². The number of carbonyl (C=O) groups is 2. The highest BCUT2D eigenvalue weighted by atomic mass is 16.5. The Kier molecular flexibility index (Phi) is 9.81. The SMILES string of the molecule is CCN1CCN(C(=O)c2ccncc2)CCC(=O)NCC2CCCN(C2)c2nc3cc(OC)c(OC)c(OC)c3cc2C1. The molecule has 0 spiro atoms. The minimum atomic E-state index is -0.101.